The van der Waals surface area contributed by atoms with Crippen LogP contribution >= 0.6 is 11.3 Å². The van der Waals surface area contributed by atoms with Gasteiger partial charge < -0.3 is 14.2 Å². The van der Waals surface area contributed by atoms with Crippen LogP contribution in [0.25, 0.3) is 0 Å². The summed E-state index contributed by atoms with van der Waals surface area (Å²) in [5.41, 5.74) is 1.65. The number of nitrogens with zero attached hydrogens (tertiary/aromatic N) is 1. The molecule has 1 aromatic rings. The lowest BCUT2D eigenvalue weighted by Crippen LogP contribution is -2.36. The van der Waals surface area contributed by atoms with Crippen molar-refractivity contribution < 1.29 is 14.2 Å². The minimum absolute atomic E-state index is 0.219. The number of hydrogen-bond donors (Lipinski definition) is 0. The van der Waals surface area contributed by atoms with Crippen molar-refractivity contribution in [3.8, 4) is 0 Å². The fourth-order valence-corrected chi connectivity index (χ4v) is 5.33. The van der Waals surface area contributed by atoms with Crippen LogP contribution in [0.4, 0.5) is 0 Å². The molecule has 0 aromatic carbocycles. The summed E-state index contributed by atoms with van der Waals surface area (Å²) in [5.74, 6) is 1.31. The fourth-order valence-electron chi connectivity index (χ4n) is 4.38. The van der Waals surface area contributed by atoms with E-state index in [2.05, 4.69) is 23.3 Å². The van der Waals surface area contributed by atoms with Gasteiger partial charge in [0.05, 0.1) is 19.8 Å². The van der Waals surface area contributed by atoms with Gasteiger partial charge in [0.15, 0.2) is 0 Å². The van der Waals surface area contributed by atoms with Crippen molar-refractivity contribution in [1.29, 1.82) is 0 Å². The smallest absolute Gasteiger partial charge is 0.0561 e. The van der Waals surface area contributed by atoms with Crippen LogP contribution < -0.4 is 0 Å². The highest BCUT2D eigenvalue weighted by Crippen LogP contribution is 2.42. The second-order valence-corrected chi connectivity index (χ2v) is 8.84. The Morgan fingerprint density at radius 3 is 3.00 bits per heavy atom. The van der Waals surface area contributed by atoms with Crippen molar-refractivity contribution in [2.24, 2.45) is 17.3 Å². The van der Waals surface area contributed by atoms with Gasteiger partial charge in [0, 0.05) is 55.7 Å². The van der Waals surface area contributed by atoms with E-state index in [1.165, 1.54) is 10.4 Å². The Balaban J connectivity index is 1.31. The molecule has 24 heavy (non-hydrogen) atoms. The molecule has 0 aliphatic carbocycles. The maximum Gasteiger partial charge on any atom is 0.0561 e. The maximum atomic E-state index is 6.21. The van der Waals surface area contributed by atoms with E-state index in [0.717, 1.165) is 72.1 Å². The van der Waals surface area contributed by atoms with Gasteiger partial charge in [-0.1, -0.05) is 0 Å². The quantitative estimate of drug-likeness (QED) is 0.788. The summed E-state index contributed by atoms with van der Waals surface area (Å²) in [7, 11) is 0. The lowest BCUT2D eigenvalue weighted by atomic mass is 9.82. The second kappa shape index (κ2) is 7.42. The average Bonchev–Trinajstić information content (AvgIpc) is 3.24. The van der Waals surface area contributed by atoms with Crippen molar-refractivity contribution in [3.63, 3.8) is 0 Å². The first-order chi connectivity index (χ1) is 11.8. The summed E-state index contributed by atoms with van der Waals surface area (Å²) >= 11 is 1.88. The molecule has 2 atom stereocenters. The minimum atomic E-state index is 0.219. The summed E-state index contributed by atoms with van der Waals surface area (Å²) in [4.78, 5) is 4.12. The molecule has 0 bridgehead atoms. The van der Waals surface area contributed by atoms with E-state index in [1.54, 1.807) is 0 Å². The van der Waals surface area contributed by atoms with Gasteiger partial charge in [-0.2, -0.15) is 0 Å². The highest BCUT2D eigenvalue weighted by molar-refractivity contribution is 7.10. The molecule has 3 aliphatic rings. The zero-order chi connectivity index (χ0) is 16.4. The topological polar surface area (TPSA) is 30.9 Å². The van der Waals surface area contributed by atoms with Gasteiger partial charge in [0.2, 0.25) is 0 Å². The molecule has 134 valence electrons. The third kappa shape index (κ3) is 3.56. The molecule has 0 amide bonds. The number of rotatable bonds is 6. The molecular formula is C19H29NO3S. The standard InChI is InChI=1S/C19H29NO3S/c1-15-4-7-24-18(15)9-20-8-17-11-23-14-19(17,12-20)13-22-10-16-2-5-21-6-3-16/h4,7,16-17H,2-3,5-6,8-14H2,1H3/t17-,19-/m1/s1. The van der Waals surface area contributed by atoms with Crippen LogP contribution in [-0.4, -0.2) is 57.6 Å². The SMILES string of the molecule is Cc1ccsc1CN1C[C@@H]2COC[C@]2(COCC2CCOCC2)C1. The first-order valence-electron chi connectivity index (χ1n) is 9.24. The van der Waals surface area contributed by atoms with E-state index >= 15 is 0 Å². The summed E-state index contributed by atoms with van der Waals surface area (Å²) in [5, 5.41) is 2.21. The predicted octanol–water partition coefficient (Wildman–Crippen LogP) is 2.95. The normalized spacial score (nSPS) is 31.6. The van der Waals surface area contributed by atoms with Crippen molar-refractivity contribution in [3.05, 3.63) is 21.9 Å². The van der Waals surface area contributed by atoms with Gasteiger partial charge in [0.25, 0.3) is 0 Å². The Hall–Kier alpha value is -0.460. The van der Waals surface area contributed by atoms with Crippen LogP contribution in [0.5, 0.6) is 0 Å². The van der Waals surface area contributed by atoms with Crippen LogP contribution in [0.15, 0.2) is 11.4 Å². The number of thiophene rings is 1. The first kappa shape index (κ1) is 17.0. The monoisotopic (exact) mass is 351 g/mol. The van der Waals surface area contributed by atoms with E-state index < -0.39 is 0 Å². The molecule has 1 aromatic heterocycles. The van der Waals surface area contributed by atoms with E-state index in [0.29, 0.717) is 11.8 Å². The molecule has 0 N–H and O–H groups in total. The van der Waals surface area contributed by atoms with Crippen molar-refractivity contribution >= 4 is 11.3 Å². The Morgan fingerprint density at radius 2 is 2.21 bits per heavy atom. The molecule has 5 heteroatoms. The molecular weight excluding hydrogens is 322 g/mol. The van der Waals surface area contributed by atoms with Gasteiger partial charge in [-0.15, -0.1) is 11.3 Å². The fraction of sp³-hybridized carbons (Fsp3) is 0.789. The molecule has 0 radical (unpaired) electrons. The molecule has 3 fully saturated rings. The van der Waals surface area contributed by atoms with Gasteiger partial charge in [-0.25, -0.2) is 0 Å². The lowest BCUT2D eigenvalue weighted by Gasteiger charge is -2.29. The predicted molar refractivity (Wildman–Crippen MR) is 95.4 cm³/mol. The zero-order valence-electron chi connectivity index (χ0n) is 14.7. The molecule has 0 unspecified atom stereocenters. The number of ether oxygens (including phenoxy) is 3. The van der Waals surface area contributed by atoms with Crippen LogP contribution in [0.2, 0.25) is 0 Å². The van der Waals surface area contributed by atoms with Crippen LogP contribution in [-0.2, 0) is 20.8 Å². The lowest BCUT2D eigenvalue weighted by molar-refractivity contribution is -0.0156. The Bertz CT molecular complexity index is 542. The minimum Gasteiger partial charge on any atom is -0.381 e. The molecule has 4 nitrogen and oxygen atoms in total. The number of hydrogen-bond acceptors (Lipinski definition) is 5. The van der Waals surface area contributed by atoms with Gasteiger partial charge in [-0.3, -0.25) is 4.90 Å². The van der Waals surface area contributed by atoms with Crippen LogP contribution in [0, 0.1) is 24.2 Å². The highest BCUT2D eigenvalue weighted by atomic mass is 32.1. The molecule has 4 heterocycles. The Labute approximate surface area is 149 Å². The Morgan fingerprint density at radius 1 is 1.33 bits per heavy atom. The molecule has 4 rings (SSSR count). The second-order valence-electron chi connectivity index (χ2n) is 7.84. The largest absolute Gasteiger partial charge is 0.381 e. The van der Waals surface area contributed by atoms with E-state index in [-0.39, 0.29) is 5.41 Å². The first-order valence-corrected chi connectivity index (χ1v) is 10.1. The third-order valence-electron chi connectivity index (χ3n) is 6.01. The van der Waals surface area contributed by atoms with Crippen molar-refractivity contribution in [2.45, 2.75) is 26.3 Å². The zero-order valence-corrected chi connectivity index (χ0v) is 15.5. The molecule has 0 spiro atoms. The highest BCUT2D eigenvalue weighted by Gasteiger charge is 2.50. The van der Waals surface area contributed by atoms with Crippen molar-refractivity contribution in [1.82, 2.24) is 4.90 Å². The summed E-state index contributed by atoms with van der Waals surface area (Å²) in [6.45, 7) is 10.9. The Kier molecular flexibility index (Phi) is 5.25. The summed E-state index contributed by atoms with van der Waals surface area (Å²) in [6.07, 6.45) is 2.30. The van der Waals surface area contributed by atoms with Gasteiger partial charge in [-0.05, 0) is 42.7 Å². The molecule has 3 aliphatic heterocycles. The van der Waals surface area contributed by atoms with E-state index in [9.17, 15) is 0 Å². The number of fused-ring (bicyclic) bond motifs is 1. The van der Waals surface area contributed by atoms with Gasteiger partial charge >= 0.3 is 0 Å². The summed E-state index contributed by atoms with van der Waals surface area (Å²) < 4.78 is 17.5. The number of aryl methyl sites for hydroxylation is 1. The van der Waals surface area contributed by atoms with E-state index in [1.807, 2.05) is 11.3 Å². The van der Waals surface area contributed by atoms with Gasteiger partial charge in [0.1, 0.15) is 0 Å². The molecule has 0 saturated carbocycles. The maximum absolute atomic E-state index is 6.21. The third-order valence-corrected chi connectivity index (χ3v) is 7.02. The van der Waals surface area contributed by atoms with E-state index in [4.69, 9.17) is 14.2 Å². The average molecular weight is 352 g/mol. The summed E-state index contributed by atoms with van der Waals surface area (Å²) in [6, 6.07) is 2.23. The number of likely N-dealkylation sites (tertiary alicyclic amines) is 1. The van der Waals surface area contributed by atoms with Crippen LogP contribution in [0.1, 0.15) is 23.3 Å². The molecule has 3 saturated heterocycles. The van der Waals surface area contributed by atoms with Crippen LogP contribution in [0.3, 0.4) is 0 Å². The van der Waals surface area contributed by atoms with Crippen molar-refractivity contribution in [2.75, 3.05) is 52.7 Å².